The number of rotatable bonds is 1. The van der Waals surface area contributed by atoms with Gasteiger partial charge in [0.15, 0.2) is 5.83 Å². The van der Waals surface area contributed by atoms with Gasteiger partial charge in [-0.1, -0.05) is 6.92 Å². The van der Waals surface area contributed by atoms with Crippen LogP contribution in [0.15, 0.2) is 11.9 Å². The van der Waals surface area contributed by atoms with E-state index in [2.05, 4.69) is 0 Å². The number of hydrogen-bond donors (Lipinski definition) is 0. The molecule has 0 amide bonds. The molecule has 0 aromatic heterocycles. The summed E-state index contributed by atoms with van der Waals surface area (Å²) in [5, 5.41) is 0. The monoisotopic (exact) mass is 244 g/mol. The fourth-order valence-electron chi connectivity index (χ4n) is 0.134. The molecule has 0 spiro atoms. The second-order valence-corrected chi connectivity index (χ2v) is 5.74. The van der Waals surface area contributed by atoms with Crippen LogP contribution in [0.4, 0.5) is 13.2 Å². The molecule has 0 heterocycles. The first-order valence-electron chi connectivity index (χ1n) is 2.41. The summed E-state index contributed by atoms with van der Waals surface area (Å²) in [6, 6.07) is 0. The van der Waals surface area contributed by atoms with Gasteiger partial charge in [0.25, 0.3) is 0 Å². The van der Waals surface area contributed by atoms with E-state index in [1.807, 2.05) is 0 Å². The van der Waals surface area contributed by atoms with Gasteiger partial charge in [-0.3, -0.25) is 0 Å². The molecule has 0 radical (unpaired) electrons. The summed E-state index contributed by atoms with van der Waals surface area (Å²) in [5.74, 6) is -1.32. The molecule has 58 valence electrons. The third-order valence-electron chi connectivity index (χ3n) is 0.515. The van der Waals surface area contributed by atoms with Crippen molar-refractivity contribution in [1.29, 1.82) is 0 Å². The van der Waals surface area contributed by atoms with E-state index in [-0.39, 0.29) is 6.42 Å². The van der Waals surface area contributed by atoms with Crippen LogP contribution in [-0.2, 0) is 15.1 Å². The molecule has 0 unspecified atom stereocenters. The maximum absolute atomic E-state index is 11.4. The Bertz CT molecular complexity index is 103. The van der Waals surface area contributed by atoms with Crippen LogP contribution in [0, 0.1) is 0 Å². The standard InChI is InChI=1S/C4H5F3.2ClH.Zn/c1-2-3(5)4(6)7;;;/h2H2,1H3;2*1H;/q;;;+2/p-2. The van der Waals surface area contributed by atoms with Crippen LogP contribution in [0.2, 0.25) is 0 Å². The normalized spacial score (nSPS) is 7.00. The zero-order chi connectivity index (χ0) is 8.57. The van der Waals surface area contributed by atoms with E-state index in [4.69, 9.17) is 19.4 Å². The Kier molecular flexibility index (Phi) is 13.0. The fraction of sp³-hybridized carbons (Fsp3) is 0.500. The summed E-state index contributed by atoms with van der Waals surface area (Å²) in [6.45, 7) is 1.33. The number of hydrogen-bond acceptors (Lipinski definition) is 0. The van der Waals surface area contributed by atoms with Crippen LogP contribution >= 0.6 is 19.4 Å². The minimum atomic E-state index is -2.21. The zero-order valence-electron chi connectivity index (χ0n) is 5.30. The molecule has 6 heteroatoms. The number of allylic oxidation sites excluding steroid dienone is 1. The average molecular weight is 246 g/mol. The van der Waals surface area contributed by atoms with Crippen LogP contribution in [0.3, 0.4) is 0 Å². The summed E-state index contributed by atoms with van der Waals surface area (Å²) >= 11 is -0.931. The molecule has 0 atom stereocenters. The molecule has 0 rings (SSSR count). The minimum absolute atomic E-state index is 0.220. The summed E-state index contributed by atoms with van der Waals surface area (Å²) in [7, 11) is 9.90. The van der Waals surface area contributed by atoms with Gasteiger partial charge in [0.05, 0.1) is 0 Å². The molecule has 0 aromatic rings. The molecule has 0 aliphatic carbocycles. The predicted molar refractivity (Wildman–Crippen MR) is 32.3 cm³/mol. The van der Waals surface area contributed by atoms with Gasteiger partial charge in [-0.15, -0.1) is 0 Å². The van der Waals surface area contributed by atoms with Crippen molar-refractivity contribution in [2.75, 3.05) is 0 Å². The van der Waals surface area contributed by atoms with Crippen LogP contribution < -0.4 is 0 Å². The molecule has 0 aromatic carbocycles. The Labute approximate surface area is 73.1 Å². The van der Waals surface area contributed by atoms with E-state index in [1.54, 1.807) is 0 Å². The van der Waals surface area contributed by atoms with Crippen LogP contribution in [0.5, 0.6) is 0 Å². The summed E-state index contributed by atoms with van der Waals surface area (Å²) in [5.41, 5.74) is 0. The van der Waals surface area contributed by atoms with Gasteiger partial charge in [0, 0.05) is 6.42 Å². The second-order valence-electron chi connectivity index (χ2n) is 1.12. The van der Waals surface area contributed by atoms with E-state index >= 15 is 0 Å². The molecule has 0 aliphatic rings. The molecule has 0 nitrogen and oxygen atoms in total. The topological polar surface area (TPSA) is 0 Å². The number of halogens is 5. The first kappa shape index (κ1) is 13.3. The molecule has 0 fully saturated rings. The van der Waals surface area contributed by atoms with Crippen molar-refractivity contribution in [3.8, 4) is 0 Å². The first-order valence-corrected chi connectivity index (χ1v) is 10.2. The summed E-state index contributed by atoms with van der Waals surface area (Å²) in [4.78, 5) is 0. The van der Waals surface area contributed by atoms with Gasteiger partial charge >= 0.3 is 40.6 Å². The third kappa shape index (κ3) is 11.5. The molecule has 0 bridgehead atoms. The van der Waals surface area contributed by atoms with Crippen LogP contribution in [0.1, 0.15) is 13.3 Å². The molecule has 0 saturated carbocycles. The summed E-state index contributed by atoms with van der Waals surface area (Å²) in [6.07, 6.45) is -2.43. The van der Waals surface area contributed by atoms with Gasteiger partial charge < -0.3 is 0 Å². The van der Waals surface area contributed by atoms with Gasteiger partial charge in [0.1, 0.15) is 0 Å². The van der Waals surface area contributed by atoms with Crippen molar-refractivity contribution in [2.45, 2.75) is 13.3 Å². The quantitative estimate of drug-likeness (QED) is 0.616. The molecular formula is C4H5Cl2F3Zn. The Balaban J connectivity index is 0. The van der Waals surface area contributed by atoms with Crippen molar-refractivity contribution in [3.05, 3.63) is 11.9 Å². The van der Waals surface area contributed by atoms with Gasteiger partial charge in [0.2, 0.25) is 0 Å². The van der Waals surface area contributed by atoms with Crippen LogP contribution in [-0.4, -0.2) is 0 Å². The van der Waals surface area contributed by atoms with E-state index < -0.39 is 27.1 Å². The maximum atomic E-state index is 11.4. The van der Waals surface area contributed by atoms with E-state index in [9.17, 15) is 13.2 Å². The average Bonchev–Trinajstić information content (AvgIpc) is 1.88. The first-order chi connectivity index (χ1) is 4.59. The molecule has 0 aliphatic heterocycles. The van der Waals surface area contributed by atoms with Gasteiger partial charge in [-0.2, -0.15) is 8.78 Å². The van der Waals surface area contributed by atoms with E-state index in [0.717, 1.165) is 0 Å². The van der Waals surface area contributed by atoms with Crippen molar-refractivity contribution >= 4 is 19.4 Å². The van der Waals surface area contributed by atoms with Gasteiger partial charge in [-0.25, -0.2) is 4.39 Å². The van der Waals surface area contributed by atoms with Crippen LogP contribution in [0.25, 0.3) is 0 Å². The predicted octanol–water partition coefficient (Wildman–Crippen LogP) is 3.85. The Morgan fingerprint density at radius 1 is 1.30 bits per heavy atom. The van der Waals surface area contributed by atoms with E-state index in [0.29, 0.717) is 0 Å². The van der Waals surface area contributed by atoms with Crippen molar-refractivity contribution in [2.24, 2.45) is 0 Å². The van der Waals surface area contributed by atoms with Gasteiger partial charge in [-0.05, 0) is 0 Å². The Hall–Kier alpha value is 0.733. The van der Waals surface area contributed by atoms with Crippen molar-refractivity contribution < 1.29 is 28.3 Å². The molecule has 0 saturated heterocycles. The summed E-state index contributed by atoms with van der Waals surface area (Å²) < 4.78 is 33.3. The Morgan fingerprint density at radius 3 is 1.60 bits per heavy atom. The van der Waals surface area contributed by atoms with Crippen molar-refractivity contribution in [3.63, 3.8) is 0 Å². The second kappa shape index (κ2) is 9.73. The zero-order valence-corrected chi connectivity index (χ0v) is 9.78. The third-order valence-corrected chi connectivity index (χ3v) is 0.515. The van der Waals surface area contributed by atoms with Crippen molar-refractivity contribution in [1.82, 2.24) is 0 Å². The van der Waals surface area contributed by atoms with E-state index in [1.165, 1.54) is 6.92 Å². The molecule has 0 N–H and O–H groups in total. The molecular weight excluding hydrogens is 241 g/mol. The molecule has 10 heavy (non-hydrogen) atoms. The SMILES string of the molecule is CCC(F)=C(F)F.[Cl][Zn][Cl]. The Morgan fingerprint density at radius 2 is 1.60 bits per heavy atom. The fourth-order valence-corrected chi connectivity index (χ4v) is 0.134.